The lowest BCUT2D eigenvalue weighted by atomic mass is 10.0. The molecule has 1 aromatic rings. The van der Waals surface area contributed by atoms with Gasteiger partial charge in [-0.3, -0.25) is 0 Å². The maximum atomic E-state index is 8.73. The van der Waals surface area contributed by atoms with Crippen LogP contribution in [-0.2, 0) is 0 Å². The van der Waals surface area contributed by atoms with Crippen molar-refractivity contribution in [2.75, 3.05) is 19.8 Å². The number of hydrogen-bond acceptors (Lipinski definition) is 4. The fraction of sp³-hybridized carbons (Fsp3) is 0.538. The second kappa shape index (κ2) is 5.89. The number of hydrogen-bond donors (Lipinski definition) is 2. The number of aliphatic hydroxyl groups is 1. The van der Waals surface area contributed by atoms with Crippen LogP contribution < -0.4 is 15.2 Å². The number of ether oxygens (including phenoxy) is 2. The molecule has 0 amide bonds. The summed E-state index contributed by atoms with van der Waals surface area (Å²) in [7, 11) is 0. The number of rotatable bonds is 5. The summed E-state index contributed by atoms with van der Waals surface area (Å²) in [5.74, 6) is 1.58. The van der Waals surface area contributed by atoms with Crippen LogP contribution in [0.1, 0.15) is 30.9 Å². The van der Waals surface area contributed by atoms with Gasteiger partial charge >= 0.3 is 0 Å². The molecule has 0 fully saturated rings. The Morgan fingerprint density at radius 2 is 1.94 bits per heavy atom. The topological polar surface area (TPSA) is 64.7 Å². The third-order valence-electron chi connectivity index (χ3n) is 2.92. The lowest BCUT2D eigenvalue weighted by Crippen LogP contribution is -2.16. The molecular weight excluding hydrogens is 218 g/mol. The van der Waals surface area contributed by atoms with Gasteiger partial charge in [-0.15, -0.1) is 0 Å². The zero-order chi connectivity index (χ0) is 12.1. The Kier molecular flexibility index (Phi) is 4.23. The smallest absolute Gasteiger partial charge is 0.161 e. The van der Waals surface area contributed by atoms with E-state index in [2.05, 4.69) is 0 Å². The van der Waals surface area contributed by atoms with Gasteiger partial charge in [-0.2, -0.15) is 0 Å². The molecule has 2 rings (SSSR count). The molecule has 0 aliphatic carbocycles. The Balaban J connectivity index is 2.00. The highest BCUT2D eigenvalue weighted by Gasteiger charge is 2.14. The summed E-state index contributed by atoms with van der Waals surface area (Å²) in [6, 6.07) is 5.85. The van der Waals surface area contributed by atoms with Crippen molar-refractivity contribution < 1.29 is 14.6 Å². The average Bonchev–Trinajstić information content (AvgIpc) is 2.38. The van der Waals surface area contributed by atoms with E-state index in [0.717, 1.165) is 36.3 Å². The molecular formula is C13H19NO3. The number of fused-ring (bicyclic) bond motifs is 1. The molecule has 0 aromatic heterocycles. The van der Waals surface area contributed by atoms with Crippen molar-refractivity contribution in [3.63, 3.8) is 0 Å². The first-order chi connectivity index (χ1) is 8.31. The van der Waals surface area contributed by atoms with Gasteiger partial charge < -0.3 is 20.3 Å². The Morgan fingerprint density at radius 3 is 2.71 bits per heavy atom. The van der Waals surface area contributed by atoms with Crippen LogP contribution in [0.5, 0.6) is 11.5 Å². The minimum Gasteiger partial charge on any atom is -0.486 e. The number of nitrogens with two attached hydrogens (primary N) is 1. The van der Waals surface area contributed by atoms with Crippen molar-refractivity contribution in [1.82, 2.24) is 0 Å². The van der Waals surface area contributed by atoms with Gasteiger partial charge in [0.15, 0.2) is 11.5 Å². The highest BCUT2D eigenvalue weighted by Crippen LogP contribution is 2.32. The van der Waals surface area contributed by atoms with Gasteiger partial charge in [-0.1, -0.05) is 6.07 Å². The Hall–Kier alpha value is -1.26. The molecule has 17 heavy (non-hydrogen) atoms. The second-order valence-electron chi connectivity index (χ2n) is 4.23. The zero-order valence-electron chi connectivity index (χ0n) is 9.89. The summed E-state index contributed by atoms with van der Waals surface area (Å²) < 4.78 is 11.0. The Morgan fingerprint density at radius 1 is 1.18 bits per heavy atom. The van der Waals surface area contributed by atoms with Crippen LogP contribution in [0.2, 0.25) is 0 Å². The fourth-order valence-electron chi connectivity index (χ4n) is 1.93. The van der Waals surface area contributed by atoms with E-state index in [1.165, 1.54) is 0 Å². The predicted molar refractivity (Wildman–Crippen MR) is 65.3 cm³/mol. The van der Waals surface area contributed by atoms with Gasteiger partial charge in [0.25, 0.3) is 0 Å². The van der Waals surface area contributed by atoms with E-state index in [1.807, 2.05) is 18.2 Å². The van der Waals surface area contributed by atoms with Crippen molar-refractivity contribution in [2.45, 2.75) is 25.3 Å². The lowest BCUT2D eigenvalue weighted by molar-refractivity contribution is 0.171. The number of unbranched alkanes of at least 4 members (excludes halogenated alkanes) is 1. The van der Waals surface area contributed by atoms with E-state index in [0.29, 0.717) is 13.2 Å². The van der Waals surface area contributed by atoms with Crippen molar-refractivity contribution in [2.24, 2.45) is 5.73 Å². The third kappa shape index (κ3) is 3.11. The van der Waals surface area contributed by atoms with Gasteiger partial charge in [0.2, 0.25) is 0 Å². The molecule has 0 bridgehead atoms. The zero-order valence-corrected chi connectivity index (χ0v) is 9.89. The van der Waals surface area contributed by atoms with Crippen LogP contribution in [0.4, 0.5) is 0 Å². The molecule has 1 heterocycles. The van der Waals surface area contributed by atoms with Crippen LogP contribution in [0.25, 0.3) is 0 Å². The SMILES string of the molecule is NC(CCCCO)c1ccc2c(c1)OCCO2. The van der Waals surface area contributed by atoms with Gasteiger partial charge in [0, 0.05) is 12.6 Å². The van der Waals surface area contributed by atoms with E-state index in [1.54, 1.807) is 0 Å². The molecule has 0 spiro atoms. The van der Waals surface area contributed by atoms with Gasteiger partial charge in [0.1, 0.15) is 13.2 Å². The summed E-state index contributed by atoms with van der Waals surface area (Å²) in [5, 5.41) is 8.73. The fourth-order valence-corrected chi connectivity index (χ4v) is 1.93. The molecule has 3 N–H and O–H groups in total. The molecule has 0 radical (unpaired) electrons. The summed E-state index contributed by atoms with van der Waals surface area (Å²) >= 11 is 0. The van der Waals surface area contributed by atoms with E-state index >= 15 is 0 Å². The highest BCUT2D eigenvalue weighted by atomic mass is 16.6. The summed E-state index contributed by atoms with van der Waals surface area (Å²) in [4.78, 5) is 0. The van der Waals surface area contributed by atoms with Crippen LogP contribution >= 0.6 is 0 Å². The summed E-state index contributed by atoms with van der Waals surface area (Å²) in [5.41, 5.74) is 7.15. The monoisotopic (exact) mass is 237 g/mol. The molecule has 4 nitrogen and oxygen atoms in total. The standard InChI is InChI=1S/C13H19NO3/c14-11(3-1-2-6-15)10-4-5-12-13(9-10)17-8-7-16-12/h4-5,9,11,15H,1-3,6-8,14H2. The summed E-state index contributed by atoms with van der Waals surface area (Å²) in [6.45, 7) is 1.43. The van der Waals surface area contributed by atoms with Gasteiger partial charge in [-0.05, 0) is 37.0 Å². The molecule has 94 valence electrons. The largest absolute Gasteiger partial charge is 0.486 e. The van der Waals surface area contributed by atoms with Crippen LogP contribution in [-0.4, -0.2) is 24.9 Å². The minimum atomic E-state index is -0.00243. The van der Waals surface area contributed by atoms with Crippen LogP contribution in [0.3, 0.4) is 0 Å². The minimum absolute atomic E-state index is 0.00243. The number of aliphatic hydroxyl groups excluding tert-OH is 1. The quantitative estimate of drug-likeness (QED) is 0.764. The molecule has 0 saturated heterocycles. The average molecular weight is 237 g/mol. The maximum Gasteiger partial charge on any atom is 0.161 e. The van der Waals surface area contributed by atoms with E-state index < -0.39 is 0 Å². The van der Waals surface area contributed by atoms with Crippen molar-refractivity contribution in [3.8, 4) is 11.5 Å². The first-order valence-corrected chi connectivity index (χ1v) is 6.07. The van der Waals surface area contributed by atoms with Crippen molar-refractivity contribution in [1.29, 1.82) is 0 Å². The summed E-state index contributed by atoms with van der Waals surface area (Å²) in [6.07, 6.45) is 2.62. The van der Waals surface area contributed by atoms with Crippen molar-refractivity contribution >= 4 is 0 Å². The van der Waals surface area contributed by atoms with Gasteiger partial charge in [0.05, 0.1) is 0 Å². The van der Waals surface area contributed by atoms with Crippen LogP contribution in [0.15, 0.2) is 18.2 Å². The molecule has 1 aliphatic rings. The first-order valence-electron chi connectivity index (χ1n) is 6.07. The Labute approximate surface area is 101 Å². The van der Waals surface area contributed by atoms with Crippen molar-refractivity contribution in [3.05, 3.63) is 23.8 Å². The first kappa shape index (κ1) is 12.2. The van der Waals surface area contributed by atoms with E-state index in [9.17, 15) is 0 Å². The number of benzene rings is 1. The molecule has 4 heteroatoms. The maximum absolute atomic E-state index is 8.73. The van der Waals surface area contributed by atoms with Crippen LogP contribution in [0, 0.1) is 0 Å². The lowest BCUT2D eigenvalue weighted by Gasteiger charge is -2.20. The molecule has 0 saturated carbocycles. The van der Waals surface area contributed by atoms with E-state index in [-0.39, 0.29) is 12.6 Å². The molecule has 1 atom stereocenters. The second-order valence-corrected chi connectivity index (χ2v) is 4.23. The normalized spacial score (nSPS) is 15.6. The van der Waals surface area contributed by atoms with Gasteiger partial charge in [-0.25, -0.2) is 0 Å². The third-order valence-corrected chi connectivity index (χ3v) is 2.92. The molecule has 1 aliphatic heterocycles. The highest BCUT2D eigenvalue weighted by molar-refractivity contribution is 5.44. The molecule has 1 aromatic carbocycles. The predicted octanol–water partition coefficient (Wildman–Crippen LogP) is 1.62. The molecule has 1 unspecified atom stereocenters. The Bertz CT molecular complexity index is 368. The van der Waals surface area contributed by atoms with E-state index in [4.69, 9.17) is 20.3 Å².